The van der Waals surface area contributed by atoms with Crippen LogP contribution < -0.4 is 0 Å². The maximum atomic E-state index is 5.62. The quantitative estimate of drug-likeness (QED) is 0.703. The molecule has 2 atom stereocenters. The maximum absolute atomic E-state index is 5.62. The molecule has 1 aliphatic heterocycles. The zero-order valence-corrected chi connectivity index (χ0v) is 8.23. The molecule has 0 spiro atoms. The van der Waals surface area contributed by atoms with Crippen LogP contribution in [-0.4, -0.2) is 22.1 Å². The van der Waals surface area contributed by atoms with Gasteiger partial charge in [0, 0.05) is 5.92 Å². The first-order chi connectivity index (χ1) is 5.75. The molecule has 0 aromatic carbocycles. The summed E-state index contributed by atoms with van der Waals surface area (Å²) in [6.45, 7) is 2.83. The van der Waals surface area contributed by atoms with Crippen LogP contribution in [0.5, 0.6) is 0 Å². The van der Waals surface area contributed by atoms with Gasteiger partial charge in [-0.05, 0) is 36.5 Å². The molecule has 12 heavy (non-hydrogen) atoms. The number of rotatable bonds is 1. The van der Waals surface area contributed by atoms with Gasteiger partial charge in [-0.1, -0.05) is 0 Å². The number of hydrogen-bond donors (Lipinski definition) is 0. The highest BCUT2D eigenvalue weighted by Crippen LogP contribution is 2.30. The monoisotopic (exact) mass is 204 g/mol. The van der Waals surface area contributed by atoms with Crippen LogP contribution in [0, 0.1) is 0 Å². The van der Waals surface area contributed by atoms with E-state index in [2.05, 4.69) is 16.3 Å². The Labute approximate surface area is 79.9 Å². The van der Waals surface area contributed by atoms with Gasteiger partial charge in [0.25, 0.3) is 0 Å². The van der Waals surface area contributed by atoms with Gasteiger partial charge in [0.1, 0.15) is 5.01 Å². The molecule has 5 heteroatoms. The van der Waals surface area contributed by atoms with E-state index in [9.17, 15) is 0 Å². The van der Waals surface area contributed by atoms with E-state index in [0.717, 1.165) is 18.0 Å². The molecule has 0 aliphatic carbocycles. The number of nitrogens with zero attached hydrogens (tertiary/aromatic N) is 2. The molecule has 2 rings (SSSR count). The van der Waals surface area contributed by atoms with Gasteiger partial charge in [-0.25, -0.2) is 4.98 Å². The highest BCUT2D eigenvalue weighted by Gasteiger charge is 2.26. The molecule has 0 radical (unpaired) electrons. The van der Waals surface area contributed by atoms with Crippen molar-refractivity contribution in [2.75, 3.05) is 6.61 Å². The Hall–Kier alpha value is -0.190. The molecule has 1 saturated heterocycles. The van der Waals surface area contributed by atoms with Gasteiger partial charge in [-0.2, -0.15) is 4.37 Å². The Morgan fingerprint density at radius 1 is 1.67 bits per heavy atom. The third-order valence-electron chi connectivity index (χ3n) is 1.96. The average molecular weight is 205 g/mol. The second kappa shape index (κ2) is 3.28. The van der Waals surface area contributed by atoms with E-state index in [4.69, 9.17) is 16.3 Å². The van der Waals surface area contributed by atoms with Gasteiger partial charge < -0.3 is 4.74 Å². The molecule has 1 aliphatic rings. The summed E-state index contributed by atoms with van der Waals surface area (Å²) in [7, 11) is 0. The van der Waals surface area contributed by atoms with E-state index in [1.807, 2.05) is 0 Å². The van der Waals surface area contributed by atoms with Crippen molar-refractivity contribution in [3.8, 4) is 0 Å². The number of halogens is 1. The highest BCUT2D eigenvalue weighted by atomic mass is 35.5. The van der Waals surface area contributed by atoms with Crippen molar-refractivity contribution in [2.24, 2.45) is 0 Å². The van der Waals surface area contributed by atoms with Crippen LogP contribution in [0.3, 0.4) is 0 Å². The van der Waals surface area contributed by atoms with E-state index in [1.165, 1.54) is 11.5 Å². The van der Waals surface area contributed by atoms with Crippen LogP contribution in [0.15, 0.2) is 0 Å². The lowest BCUT2D eigenvalue weighted by atomic mass is 10.1. The second-order valence-electron chi connectivity index (χ2n) is 2.98. The average Bonchev–Trinajstić information content (AvgIpc) is 2.58. The molecule has 0 saturated carbocycles. The van der Waals surface area contributed by atoms with Crippen LogP contribution in [0.1, 0.15) is 24.3 Å². The second-order valence-corrected chi connectivity index (χ2v) is 4.10. The van der Waals surface area contributed by atoms with Gasteiger partial charge >= 0.3 is 0 Å². The van der Waals surface area contributed by atoms with Gasteiger partial charge in [0.05, 0.1) is 12.7 Å². The molecule has 0 N–H and O–H groups in total. The molecule has 0 bridgehead atoms. The van der Waals surface area contributed by atoms with E-state index >= 15 is 0 Å². The fourth-order valence-corrected chi connectivity index (χ4v) is 2.27. The number of aromatic nitrogens is 2. The summed E-state index contributed by atoms with van der Waals surface area (Å²) in [5.74, 6) is 0.407. The Kier molecular flexibility index (Phi) is 2.30. The summed E-state index contributed by atoms with van der Waals surface area (Å²) >= 11 is 7.00. The summed E-state index contributed by atoms with van der Waals surface area (Å²) in [6.07, 6.45) is 1.38. The van der Waals surface area contributed by atoms with E-state index in [1.54, 1.807) is 0 Å². The molecule has 66 valence electrons. The third kappa shape index (κ3) is 1.60. The molecule has 1 aromatic heterocycles. The van der Waals surface area contributed by atoms with Gasteiger partial charge in [0.15, 0.2) is 0 Å². The van der Waals surface area contributed by atoms with E-state index < -0.39 is 0 Å². The molecule has 1 aromatic rings. The molecular formula is C7H9ClN2OS. The number of ether oxygens (including phenoxy) is 1. The zero-order chi connectivity index (χ0) is 8.55. The minimum absolute atomic E-state index is 0.345. The number of hydrogen-bond acceptors (Lipinski definition) is 4. The Morgan fingerprint density at radius 2 is 2.50 bits per heavy atom. The van der Waals surface area contributed by atoms with Crippen molar-refractivity contribution in [2.45, 2.75) is 25.4 Å². The first-order valence-corrected chi connectivity index (χ1v) is 5.01. The first-order valence-electron chi connectivity index (χ1n) is 3.86. The Morgan fingerprint density at radius 3 is 3.00 bits per heavy atom. The maximum Gasteiger partial charge on any atom is 0.234 e. The topological polar surface area (TPSA) is 35.0 Å². The predicted molar refractivity (Wildman–Crippen MR) is 47.7 cm³/mol. The van der Waals surface area contributed by atoms with Crippen molar-refractivity contribution < 1.29 is 4.74 Å². The van der Waals surface area contributed by atoms with Crippen LogP contribution in [0.2, 0.25) is 5.28 Å². The van der Waals surface area contributed by atoms with Crippen molar-refractivity contribution in [3.05, 3.63) is 10.3 Å². The summed E-state index contributed by atoms with van der Waals surface area (Å²) in [5, 5.41) is 1.36. The van der Waals surface area contributed by atoms with Gasteiger partial charge in [-0.3, -0.25) is 0 Å². The lowest BCUT2D eigenvalue weighted by molar-refractivity contribution is 0.123. The normalized spacial score (nSPS) is 29.5. The summed E-state index contributed by atoms with van der Waals surface area (Å²) in [6, 6.07) is 0. The first kappa shape index (κ1) is 8.41. The van der Waals surface area contributed by atoms with Crippen LogP contribution >= 0.6 is 23.1 Å². The third-order valence-corrected chi connectivity index (χ3v) is 3.11. The Balaban J connectivity index is 2.11. The minimum Gasteiger partial charge on any atom is -0.378 e. The molecule has 2 heterocycles. The van der Waals surface area contributed by atoms with E-state index in [0.29, 0.717) is 17.3 Å². The predicted octanol–water partition coefficient (Wildman–Crippen LogP) is 2.08. The zero-order valence-electron chi connectivity index (χ0n) is 6.66. The van der Waals surface area contributed by atoms with Crippen molar-refractivity contribution >= 4 is 23.1 Å². The fourth-order valence-electron chi connectivity index (χ4n) is 1.37. The Bertz CT molecular complexity index is 278. The molecule has 2 unspecified atom stereocenters. The standard InChI is InChI=1S/C7H9ClN2OS/c1-4-2-5(3-11-4)6-9-7(8)10-12-6/h4-5H,2-3H2,1H3. The smallest absolute Gasteiger partial charge is 0.234 e. The highest BCUT2D eigenvalue weighted by molar-refractivity contribution is 7.05. The lowest BCUT2D eigenvalue weighted by Gasteiger charge is -1.99. The van der Waals surface area contributed by atoms with E-state index in [-0.39, 0.29) is 0 Å². The molecule has 0 amide bonds. The largest absolute Gasteiger partial charge is 0.378 e. The fraction of sp³-hybridized carbons (Fsp3) is 0.714. The SMILES string of the molecule is CC1CC(c2nc(Cl)ns2)CO1. The van der Waals surface area contributed by atoms with Crippen molar-refractivity contribution in [1.82, 2.24) is 9.36 Å². The van der Waals surface area contributed by atoms with Crippen molar-refractivity contribution in [1.29, 1.82) is 0 Å². The van der Waals surface area contributed by atoms with Crippen LogP contribution in [0.4, 0.5) is 0 Å². The minimum atomic E-state index is 0.345. The summed E-state index contributed by atoms with van der Waals surface area (Å²) < 4.78 is 9.35. The van der Waals surface area contributed by atoms with Crippen LogP contribution in [-0.2, 0) is 4.74 Å². The molecule has 3 nitrogen and oxygen atoms in total. The van der Waals surface area contributed by atoms with Gasteiger partial charge in [-0.15, -0.1) is 0 Å². The van der Waals surface area contributed by atoms with Crippen molar-refractivity contribution in [3.63, 3.8) is 0 Å². The molecular weight excluding hydrogens is 196 g/mol. The molecule has 1 fully saturated rings. The van der Waals surface area contributed by atoms with Crippen LogP contribution in [0.25, 0.3) is 0 Å². The summed E-state index contributed by atoms with van der Waals surface area (Å²) in [4.78, 5) is 4.12. The summed E-state index contributed by atoms with van der Waals surface area (Å²) in [5.41, 5.74) is 0. The lowest BCUT2D eigenvalue weighted by Crippen LogP contribution is -1.96. The van der Waals surface area contributed by atoms with Gasteiger partial charge in [0.2, 0.25) is 5.28 Å².